The van der Waals surface area contributed by atoms with Crippen LogP contribution in [0.2, 0.25) is 0 Å². The van der Waals surface area contributed by atoms with Crippen LogP contribution in [0.3, 0.4) is 0 Å². The Morgan fingerprint density at radius 1 is 0.386 bits per heavy atom. The molecule has 57 heavy (non-hydrogen) atoms. The molecule has 0 aromatic rings. The molecule has 0 heterocycles. The highest BCUT2D eigenvalue weighted by molar-refractivity contribution is 5.71. The maximum absolute atomic E-state index is 12.7. The fraction of sp³-hybridized carbons (Fsp3) is 0.745. The minimum Gasteiger partial charge on any atom is -0.462 e. The van der Waals surface area contributed by atoms with Crippen molar-refractivity contribution < 1.29 is 28.6 Å². The smallest absolute Gasteiger partial charge is 0.306 e. The van der Waals surface area contributed by atoms with Gasteiger partial charge in [0.15, 0.2) is 6.10 Å². The van der Waals surface area contributed by atoms with E-state index < -0.39 is 6.10 Å². The van der Waals surface area contributed by atoms with E-state index in [0.29, 0.717) is 19.3 Å². The molecule has 0 amide bonds. The van der Waals surface area contributed by atoms with Gasteiger partial charge in [0.05, 0.1) is 0 Å². The second-order valence-corrected chi connectivity index (χ2v) is 15.7. The Bertz CT molecular complexity index is 1050. The Labute approximate surface area is 351 Å². The topological polar surface area (TPSA) is 78.9 Å². The molecule has 1 atom stereocenters. The van der Waals surface area contributed by atoms with E-state index >= 15 is 0 Å². The van der Waals surface area contributed by atoms with Gasteiger partial charge in [-0.1, -0.05) is 204 Å². The lowest BCUT2D eigenvalue weighted by molar-refractivity contribution is -0.167. The number of esters is 3. The fourth-order valence-electron chi connectivity index (χ4n) is 6.54. The third kappa shape index (κ3) is 44.1. The van der Waals surface area contributed by atoms with Gasteiger partial charge in [0.2, 0.25) is 0 Å². The Hall–Kier alpha value is -2.89. The first-order valence-corrected chi connectivity index (χ1v) is 23.8. The zero-order valence-electron chi connectivity index (χ0n) is 37.3. The summed E-state index contributed by atoms with van der Waals surface area (Å²) in [4.78, 5) is 37.8. The number of rotatable bonds is 42. The number of carbonyl (C=O) groups is 3. The van der Waals surface area contributed by atoms with Crippen molar-refractivity contribution in [1.29, 1.82) is 0 Å². The fourth-order valence-corrected chi connectivity index (χ4v) is 6.54. The molecule has 6 nitrogen and oxygen atoms in total. The van der Waals surface area contributed by atoms with Crippen LogP contribution in [0.1, 0.15) is 226 Å². The van der Waals surface area contributed by atoms with Crippen molar-refractivity contribution in [3.8, 4) is 0 Å². The quantitative estimate of drug-likeness (QED) is 0.0201. The molecule has 0 aliphatic rings. The summed E-state index contributed by atoms with van der Waals surface area (Å²) in [5.41, 5.74) is 0. The molecular weight excluding hydrogens is 709 g/mol. The number of ether oxygens (including phenoxy) is 3. The summed E-state index contributed by atoms with van der Waals surface area (Å²) in [6.45, 7) is 6.37. The molecule has 0 fully saturated rings. The molecule has 0 spiro atoms. The highest BCUT2D eigenvalue weighted by Gasteiger charge is 2.19. The minimum atomic E-state index is -0.784. The van der Waals surface area contributed by atoms with Gasteiger partial charge in [-0.15, -0.1) is 0 Å². The van der Waals surface area contributed by atoms with E-state index in [-0.39, 0.29) is 31.1 Å². The van der Waals surface area contributed by atoms with Gasteiger partial charge in [-0.3, -0.25) is 14.4 Å². The molecule has 0 aromatic carbocycles. The first kappa shape index (κ1) is 54.1. The summed E-state index contributed by atoms with van der Waals surface area (Å²) in [5.74, 6) is -0.913. The molecule has 0 saturated heterocycles. The summed E-state index contributed by atoms with van der Waals surface area (Å²) in [5, 5.41) is 0. The Balaban J connectivity index is 4.41. The third-order valence-corrected chi connectivity index (χ3v) is 10.1. The summed E-state index contributed by atoms with van der Waals surface area (Å²) in [6, 6.07) is 0. The zero-order chi connectivity index (χ0) is 41.5. The molecule has 0 radical (unpaired) electrons. The highest BCUT2D eigenvalue weighted by atomic mass is 16.6. The van der Waals surface area contributed by atoms with Crippen molar-refractivity contribution in [2.24, 2.45) is 0 Å². The lowest BCUT2D eigenvalue weighted by atomic mass is 10.0. The number of hydrogen-bond donors (Lipinski definition) is 0. The van der Waals surface area contributed by atoms with Crippen molar-refractivity contribution in [3.05, 3.63) is 60.8 Å². The molecular formula is C51H88O6. The predicted octanol–water partition coefficient (Wildman–Crippen LogP) is 15.3. The number of carbonyl (C=O) groups excluding carboxylic acids is 3. The van der Waals surface area contributed by atoms with Crippen LogP contribution >= 0.6 is 0 Å². The standard InChI is InChI=1S/C51H88O6/c1-4-7-10-13-16-19-22-25-27-29-32-35-38-41-44-50(53)56-47-48(46-55-49(52)43-40-37-34-31-28-24-21-18-15-12-9-6-3)57-51(54)45-42-39-36-33-30-26-23-20-17-14-11-8-5-2/h7-8,10-11,14,16-17,19-20,23,48H,4-6,9,12-13,15,18,21-22,24-47H2,1-3H3/b10-7-,11-8-,17-14-,19-16-,23-20-. The van der Waals surface area contributed by atoms with E-state index in [1.165, 1.54) is 83.5 Å². The van der Waals surface area contributed by atoms with Gasteiger partial charge in [-0.05, 0) is 64.2 Å². The first-order valence-electron chi connectivity index (χ1n) is 23.8. The molecule has 1 unspecified atom stereocenters. The van der Waals surface area contributed by atoms with E-state index in [9.17, 15) is 14.4 Å². The Kier molecular flexibility index (Phi) is 43.5. The average Bonchev–Trinajstić information content (AvgIpc) is 3.21. The lowest BCUT2D eigenvalue weighted by Gasteiger charge is -2.18. The van der Waals surface area contributed by atoms with Crippen LogP contribution in [0.25, 0.3) is 0 Å². The molecule has 0 N–H and O–H groups in total. The third-order valence-electron chi connectivity index (χ3n) is 10.1. The zero-order valence-corrected chi connectivity index (χ0v) is 37.3. The van der Waals surface area contributed by atoms with Gasteiger partial charge < -0.3 is 14.2 Å². The summed E-state index contributed by atoms with van der Waals surface area (Å²) >= 11 is 0. The van der Waals surface area contributed by atoms with Gasteiger partial charge in [0, 0.05) is 19.3 Å². The van der Waals surface area contributed by atoms with E-state index in [2.05, 4.69) is 81.5 Å². The molecule has 0 bridgehead atoms. The van der Waals surface area contributed by atoms with Crippen molar-refractivity contribution >= 4 is 17.9 Å². The summed E-state index contributed by atoms with van der Waals surface area (Å²) in [7, 11) is 0. The van der Waals surface area contributed by atoms with E-state index in [4.69, 9.17) is 14.2 Å². The van der Waals surface area contributed by atoms with Crippen molar-refractivity contribution in [1.82, 2.24) is 0 Å². The van der Waals surface area contributed by atoms with E-state index in [1.54, 1.807) is 0 Å². The van der Waals surface area contributed by atoms with Crippen LogP contribution in [-0.2, 0) is 28.6 Å². The van der Waals surface area contributed by atoms with E-state index in [1.807, 2.05) is 0 Å². The van der Waals surface area contributed by atoms with Crippen LogP contribution in [0.15, 0.2) is 60.8 Å². The normalized spacial score (nSPS) is 12.5. The Morgan fingerprint density at radius 3 is 1.25 bits per heavy atom. The highest BCUT2D eigenvalue weighted by Crippen LogP contribution is 2.15. The van der Waals surface area contributed by atoms with Crippen LogP contribution in [0.4, 0.5) is 0 Å². The molecule has 0 aliphatic heterocycles. The van der Waals surface area contributed by atoms with Crippen molar-refractivity contribution in [2.75, 3.05) is 13.2 Å². The maximum Gasteiger partial charge on any atom is 0.306 e. The number of hydrogen-bond acceptors (Lipinski definition) is 6. The first-order chi connectivity index (χ1) is 28.0. The summed E-state index contributed by atoms with van der Waals surface area (Å²) < 4.78 is 16.7. The molecule has 0 rings (SSSR count). The van der Waals surface area contributed by atoms with E-state index in [0.717, 1.165) is 103 Å². The molecule has 0 aromatic heterocycles. The number of unbranched alkanes of at least 4 members (excludes halogenated alkanes) is 23. The monoisotopic (exact) mass is 797 g/mol. The predicted molar refractivity (Wildman–Crippen MR) is 242 cm³/mol. The SMILES string of the molecule is CC\C=C/C=C\C=C/CCCCCCCC(=O)OC(COC(=O)CCCCCCCCC/C=C\C/C=C\CC)COC(=O)CCCCCCCCCCCCCC. The minimum absolute atomic E-state index is 0.0839. The summed E-state index contributed by atoms with van der Waals surface area (Å²) in [6.07, 6.45) is 54.8. The van der Waals surface area contributed by atoms with Crippen LogP contribution in [-0.4, -0.2) is 37.2 Å². The molecule has 0 aliphatic carbocycles. The van der Waals surface area contributed by atoms with Gasteiger partial charge >= 0.3 is 17.9 Å². The largest absolute Gasteiger partial charge is 0.462 e. The maximum atomic E-state index is 12.7. The molecule has 0 saturated carbocycles. The van der Waals surface area contributed by atoms with Gasteiger partial charge in [0.25, 0.3) is 0 Å². The van der Waals surface area contributed by atoms with Crippen molar-refractivity contribution in [3.63, 3.8) is 0 Å². The van der Waals surface area contributed by atoms with Gasteiger partial charge in [0.1, 0.15) is 13.2 Å². The Morgan fingerprint density at radius 2 is 0.772 bits per heavy atom. The second kappa shape index (κ2) is 45.8. The second-order valence-electron chi connectivity index (χ2n) is 15.7. The molecule has 328 valence electrons. The average molecular weight is 797 g/mol. The lowest BCUT2D eigenvalue weighted by Crippen LogP contribution is -2.30. The van der Waals surface area contributed by atoms with Crippen LogP contribution in [0, 0.1) is 0 Å². The molecule has 6 heteroatoms. The van der Waals surface area contributed by atoms with Crippen molar-refractivity contribution in [2.45, 2.75) is 232 Å². The van der Waals surface area contributed by atoms with Crippen LogP contribution < -0.4 is 0 Å². The van der Waals surface area contributed by atoms with Gasteiger partial charge in [-0.25, -0.2) is 0 Å². The van der Waals surface area contributed by atoms with Crippen LogP contribution in [0.5, 0.6) is 0 Å². The van der Waals surface area contributed by atoms with Gasteiger partial charge in [-0.2, -0.15) is 0 Å². The number of allylic oxidation sites excluding steroid dienone is 10.